The first-order valence-electron chi connectivity index (χ1n) is 5.94. The Morgan fingerprint density at radius 2 is 1.84 bits per heavy atom. The fraction of sp³-hybridized carbons (Fsp3) is 0.385. The van der Waals surface area contributed by atoms with Gasteiger partial charge in [0, 0.05) is 21.7 Å². The Balaban J connectivity index is 2.07. The van der Waals surface area contributed by atoms with Crippen LogP contribution in [0.15, 0.2) is 18.2 Å². The summed E-state index contributed by atoms with van der Waals surface area (Å²) in [5.74, 6) is -1.00. The van der Waals surface area contributed by atoms with Gasteiger partial charge in [-0.15, -0.1) is 0 Å². The van der Waals surface area contributed by atoms with E-state index in [9.17, 15) is 9.59 Å². The maximum Gasteiger partial charge on any atom is 0.305 e. The Kier molecular flexibility index (Phi) is 4.32. The number of amides is 1. The van der Waals surface area contributed by atoms with Crippen LogP contribution in [0.25, 0.3) is 0 Å². The lowest BCUT2D eigenvalue weighted by Crippen LogP contribution is -2.38. The van der Waals surface area contributed by atoms with Gasteiger partial charge < -0.3 is 10.4 Å². The predicted octanol–water partition coefficient (Wildman–Crippen LogP) is 2.98. The van der Waals surface area contributed by atoms with Crippen molar-refractivity contribution in [2.45, 2.75) is 25.3 Å². The van der Waals surface area contributed by atoms with Gasteiger partial charge in [-0.1, -0.05) is 23.2 Å². The van der Waals surface area contributed by atoms with Crippen molar-refractivity contribution in [3.63, 3.8) is 0 Å². The Bertz CT molecular complexity index is 494. The molecule has 102 valence electrons. The highest BCUT2D eigenvalue weighted by atomic mass is 35.5. The molecule has 2 rings (SSSR count). The number of hydrogen-bond donors (Lipinski definition) is 2. The standard InChI is InChI=1S/C13H13Cl2NO3/c14-9-3-8(4-10(15)5-9)13(19)16-11(6-12(17)18)7-1-2-7/h3-5,7,11H,1-2,6H2,(H,16,19)(H,17,18). The highest BCUT2D eigenvalue weighted by Gasteiger charge is 2.33. The second-order valence-electron chi connectivity index (χ2n) is 4.67. The summed E-state index contributed by atoms with van der Waals surface area (Å²) >= 11 is 11.7. The van der Waals surface area contributed by atoms with Crippen LogP contribution in [0.5, 0.6) is 0 Å². The van der Waals surface area contributed by atoms with Gasteiger partial charge in [-0.3, -0.25) is 9.59 Å². The molecule has 4 nitrogen and oxygen atoms in total. The van der Waals surface area contributed by atoms with Crippen LogP contribution in [0.1, 0.15) is 29.6 Å². The number of carboxylic acids is 1. The molecule has 0 bridgehead atoms. The average molecular weight is 302 g/mol. The summed E-state index contributed by atoms with van der Waals surface area (Å²) < 4.78 is 0. The largest absolute Gasteiger partial charge is 0.481 e. The van der Waals surface area contributed by atoms with Gasteiger partial charge in [-0.05, 0) is 37.0 Å². The molecule has 1 fully saturated rings. The van der Waals surface area contributed by atoms with Crippen molar-refractivity contribution in [3.05, 3.63) is 33.8 Å². The first-order valence-corrected chi connectivity index (χ1v) is 6.70. The van der Waals surface area contributed by atoms with Crippen molar-refractivity contribution in [3.8, 4) is 0 Å². The van der Waals surface area contributed by atoms with Crippen LogP contribution in [0.2, 0.25) is 10.0 Å². The molecule has 1 aliphatic rings. The van der Waals surface area contributed by atoms with E-state index in [2.05, 4.69) is 5.32 Å². The Morgan fingerprint density at radius 1 is 1.26 bits per heavy atom. The van der Waals surface area contributed by atoms with Gasteiger partial charge in [0.25, 0.3) is 5.91 Å². The summed E-state index contributed by atoms with van der Waals surface area (Å²) in [7, 11) is 0. The summed E-state index contributed by atoms with van der Waals surface area (Å²) in [6.07, 6.45) is 1.84. The molecule has 1 aliphatic carbocycles. The van der Waals surface area contributed by atoms with E-state index in [0.29, 0.717) is 15.6 Å². The normalized spacial score (nSPS) is 15.9. The zero-order valence-electron chi connectivity index (χ0n) is 10.0. The van der Waals surface area contributed by atoms with Gasteiger partial charge in [0.2, 0.25) is 0 Å². The molecule has 1 aromatic rings. The molecule has 1 unspecified atom stereocenters. The SMILES string of the molecule is O=C(O)CC(NC(=O)c1cc(Cl)cc(Cl)c1)C1CC1. The van der Waals surface area contributed by atoms with Crippen molar-refractivity contribution in [1.82, 2.24) is 5.32 Å². The number of rotatable bonds is 5. The minimum atomic E-state index is -0.915. The quantitative estimate of drug-likeness (QED) is 0.878. The summed E-state index contributed by atoms with van der Waals surface area (Å²) in [4.78, 5) is 22.8. The van der Waals surface area contributed by atoms with E-state index in [1.165, 1.54) is 18.2 Å². The maximum atomic E-state index is 12.1. The molecule has 6 heteroatoms. The van der Waals surface area contributed by atoms with E-state index < -0.39 is 5.97 Å². The third kappa shape index (κ3) is 4.11. The van der Waals surface area contributed by atoms with Gasteiger partial charge in [0.1, 0.15) is 0 Å². The van der Waals surface area contributed by atoms with Crippen LogP contribution in [0.3, 0.4) is 0 Å². The Hall–Kier alpha value is -1.26. The molecular weight excluding hydrogens is 289 g/mol. The van der Waals surface area contributed by atoms with Gasteiger partial charge in [0.05, 0.1) is 6.42 Å². The minimum absolute atomic E-state index is 0.0648. The van der Waals surface area contributed by atoms with Gasteiger partial charge in [-0.2, -0.15) is 0 Å². The summed E-state index contributed by atoms with van der Waals surface area (Å²) in [6.45, 7) is 0. The Morgan fingerprint density at radius 3 is 2.32 bits per heavy atom. The molecular formula is C13H13Cl2NO3. The lowest BCUT2D eigenvalue weighted by molar-refractivity contribution is -0.137. The second kappa shape index (κ2) is 5.80. The zero-order chi connectivity index (χ0) is 14.0. The number of aliphatic carboxylic acids is 1. The van der Waals surface area contributed by atoms with Gasteiger partial charge in [-0.25, -0.2) is 0 Å². The maximum absolute atomic E-state index is 12.1. The van der Waals surface area contributed by atoms with Crippen LogP contribution in [0, 0.1) is 5.92 Å². The summed E-state index contributed by atoms with van der Waals surface area (Å²) in [5, 5.41) is 12.3. The lowest BCUT2D eigenvalue weighted by atomic mass is 10.1. The van der Waals surface area contributed by atoms with E-state index in [4.69, 9.17) is 28.3 Å². The van der Waals surface area contributed by atoms with Crippen molar-refractivity contribution >= 4 is 35.1 Å². The smallest absolute Gasteiger partial charge is 0.305 e. The monoisotopic (exact) mass is 301 g/mol. The fourth-order valence-corrected chi connectivity index (χ4v) is 2.48. The molecule has 1 amide bonds. The third-order valence-corrected chi connectivity index (χ3v) is 3.46. The van der Waals surface area contributed by atoms with Crippen LogP contribution in [-0.2, 0) is 4.79 Å². The molecule has 1 atom stereocenters. The molecule has 1 saturated carbocycles. The first kappa shape index (κ1) is 14.2. The second-order valence-corrected chi connectivity index (χ2v) is 5.55. The molecule has 1 aromatic carbocycles. The third-order valence-electron chi connectivity index (χ3n) is 3.03. The number of nitrogens with one attached hydrogen (secondary N) is 1. The van der Waals surface area contributed by atoms with Crippen LogP contribution in [0.4, 0.5) is 0 Å². The van der Waals surface area contributed by atoms with Gasteiger partial charge >= 0.3 is 5.97 Å². The number of benzene rings is 1. The summed E-state index contributed by atoms with van der Waals surface area (Å²) in [5.41, 5.74) is 0.341. The minimum Gasteiger partial charge on any atom is -0.481 e. The average Bonchev–Trinajstić information content (AvgIpc) is 3.09. The zero-order valence-corrected chi connectivity index (χ0v) is 11.5. The van der Waals surface area contributed by atoms with E-state index in [1.54, 1.807) is 0 Å². The van der Waals surface area contributed by atoms with E-state index >= 15 is 0 Å². The van der Waals surface area contributed by atoms with Crippen molar-refractivity contribution < 1.29 is 14.7 Å². The fourth-order valence-electron chi connectivity index (χ4n) is 1.96. The van der Waals surface area contributed by atoms with Crippen LogP contribution < -0.4 is 5.32 Å². The van der Waals surface area contributed by atoms with E-state index in [-0.39, 0.29) is 24.3 Å². The van der Waals surface area contributed by atoms with Crippen LogP contribution >= 0.6 is 23.2 Å². The first-order chi connectivity index (χ1) is 8.95. The topological polar surface area (TPSA) is 66.4 Å². The number of carbonyl (C=O) groups is 2. The molecule has 0 heterocycles. The molecule has 2 N–H and O–H groups in total. The number of halogens is 2. The lowest BCUT2D eigenvalue weighted by Gasteiger charge is -2.16. The highest BCUT2D eigenvalue weighted by molar-refractivity contribution is 6.35. The Labute approximate surface area is 120 Å². The van der Waals surface area contributed by atoms with Crippen molar-refractivity contribution in [2.75, 3.05) is 0 Å². The van der Waals surface area contributed by atoms with Crippen molar-refractivity contribution in [2.24, 2.45) is 5.92 Å². The molecule has 0 aromatic heterocycles. The van der Waals surface area contributed by atoms with Crippen molar-refractivity contribution in [1.29, 1.82) is 0 Å². The predicted molar refractivity (Wildman–Crippen MR) is 72.7 cm³/mol. The van der Waals surface area contributed by atoms with Gasteiger partial charge in [0.15, 0.2) is 0 Å². The molecule has 0 spiro atoms. The molecule has 0 saturated heterocycles. The van der Waals surface area contributed by atoms with E-state index in [0.717, 1.165) is 12.8 Å². The highest BCUT2D eigenvalue weighted by Crippen LogP contribution is 2.34. The molecule has 0 aliphatic heterocycles. The van der Waals surface area contributed by atoms with Crippen LogP contribution in [-0.4, -0.2) is 23.0 Å². The number of hydrogen-bond acceptors (Lipinski definition) is 2. The summed E-state index contributed by atoms with van der Waals surface area (Å²) in [6, 6.07) is 4.22. The number of carbonyl (C=O) groups excluding carboxylic acids is 1. The molecule has 19 heavy (non-hydrogen) atoms. The molecule has 0 radical (unpaired) electrons. The number of carboxylic acid groups (broad SMARTS) is 1. The van der Waals surface area contributed by atoms with E-state index in [1.807, 2.05) is 0 Å².